The Morgan fingerprint density at radius 1 is 1.43 bits per heavy atom. The molecule has 0 aromatic carbocycles. The fraction of sp³-hybridized carbons (Fsp3) is 0.722. The van der Waals surface area contributed by atoms with Crippen LogP contribution >= 0.6 is 11.8 Å². The third-order valence-electron chi connectivity index (χ3n) is 3.80. The molecule has 1 aliphatic rings. The quantitative estimate of drug-likeness (QED) is 0.862. The number of aromatic nitrogens is 1. The maximum absolute atomic E-state index is 5.58. The molecule has 5 heteroatoms. The Labute approximate surface area is 145 Å². The van der Waals surface area contributed by atoms with Gasteiger partial charge in [0, 0.05) is 42.4 Å². The molecule has 4 nitrogen and oxygen atoms in total. The lowest BCUT2D eigenvalue weighted by molar-refractivity contribution is 0.0529. The summed E-state index contributed by atoms with van der Waals surface area (Å²) in [6.07, 6.45) is 2.28. The number of ether oxygens (including phenoxy) is 1. The third-order valence-corrected chi connectivity index (χ3v) is 5.33. The van der Waals surface area contributed by atoms with Crippen molar-refractivity contribution in [2.24, 2.45) is 0 Å². The molecule has 1 aliphatic heterocycles. The first-order valence-electron chi connectivity index (χ1n) is 8.52. The van der Waals surface area contributed by atoms with Crippen LogP contribution in [-0.4, -0.2) is 47.3 Å². The second-order valence-corrected chi connectivity index (χ2v) is 9.20. The number of pyridine rings is 1. The zero-order chi connectivity index (χ0) is 16.9. The molecule has 1 saturated heterocycles. The van der Waals surface area contributed by atoms with Crippen LogP contribution in [0.3, 0.4) is 0 Å². The first kappa shape index (κ1) is 18.6. The molecule has 23 heavy (non-hydrogen) atoms. The summed E-state index contributed by atoms with van der Waals surface area (Å²) >= 11 is 2.00. The van der Waals surface area contributed by atoms with Crippen molar-refractivity contribution in [2.75, 3.05) is 30.3 Å². The second kappa shape index (κ2) is 8.36. The van der Waals surface area contributed by atoms with Crippen molar-refractivity contribution in [3.8, 4) is 0 Å². The molecule has 0 amide bonds. The maximum Gasteiger partial charge on any atom is 0.128 e. The molecule has 0 bridgehead atoms. The van der Waals surface area contributed by atoms with E-state index in [1.165, 1.54) is 5.56 Å². The molecule has 1 N–H and O–H groups in total. The molecule has 2 heterocycles. The van der Waals surface area contributed by atoms with Crippen molar-refractivity contribution in [2.45, 2.75) is 58.1 Å². The van der Waals surface area contributed by atoms with Gasteiger partial charge in [-0.15, -0.1) is 0 Å². The molecular formula is C18H31N3OS. The lowest BCUT2D eigenvalue weighted by atomic mass is 10.2. The highest BCUT2D eigenvalue weighted by Crippen LogP contribution is 2.23. The van der Waals surface area contributed by atoms with E-state index in [4.69, 9.17) is 4.74 Å². The summed E-state index contributed by atoms with van der Waals surface area (Å²) in [6.45, 7) is 14.7. The molecule has 0 spiro atoms. The SMILES string of the molecule is CC(CSC(C)(C)C)NCc1ccc(N2CCOC(C)C2)nc1. The Hall–Kier alpha value is -0.780. The van der Waals surface area contributed by atoms with Gasteiger partial charge in [0.15, 0.2) is 0 Å². The molecule has 130 valence electrons. The Kier molecular flexibility index (Phi) is 6.74. The van der Waals surface area contributed by atoms with Gasteiger partial charge in [0.25, 0.3) is 0 Å². The normalized spacial score (nSPS) is 20.6. The highest BCUT2D eigenvalue weighted by molar-refractivity contribution is 8.00. The van der Waals surface area contributed by atoms with Gasteiger partial charge in [-0.05, 0) is 25.5 Å². The zero-order valence-electron chi connectivity index (χ0n) is 15.1. The van der Waals surface area contributed by atoms with E-state index in [0.717, 1.165) is 37.8 Å². The summed E-state index contributed by atoms with van der Waals surface area (Å²) in [4.78, 5) is 6.92. The predicted molar refractivity (Wildman–Crippen MR) is 100 cm³/mol. The number of hydrogen-bond donors (Lipinski definition) is 1. The minimum atomic E-state index is 0.285. The number of morpholine rings is 1. The predicted octanol–water partition coefficient (Wildman–Crippen LogP) is 3.32. The summed E-state index contributed by atoms with van der Waals surface area (Å²) in [6, 6.07) is 4.81. The van der Waals surface area contributed by atoms with Crippen LogP contribution in [0.4, 0.5) is 5.82 Å². The third kappa shape index (κ3) is 6.69. The smallest absolute Gasteiger partial charge is 0.128 e. The summed E-state index contributed by atoms with van der Waals surface area (Å²) in [7, 11) is 0. The van der Waals surface area contributed by atoms with Crippen LogP contribution in [-0.2, 0) is 11.3 Å². The zero-order valence-corrected chi connectivity index (χ0v) is 15.9. The van der Waals surface area contributed by atoms with E-state index in [9.17, 15) is 0 Å². The first-order valence-corrected chi connectivity index (χ1v) is 9.51. The topological polar surface area (TPSA) is 37.4 Å². The Bertz CT molecular complexity index is 472. The minimum Gasteiger partial charge on any atom is -0.375 e. The molecule has 2 unspecified atom stereocenters. The van der Waals surface area contributed by atoms with Crippen LogP contribution in [0.5, 0.6) is 0 Å². The number of anilines is 1. The second-order valence-electron chi connectivity index (χ2n) is 7.36. The van der Waals surface area contributed by atoms with Gasteiger partial charge in [0.05, 0.1) is 12.7 Å². The summed E-state index contributed by atoms with van der Waals surface area (Å²) in [5, 5.41) is 3.58. The summed E-state index contributed by atoms with van der Waals surface area (Å²) < 4.78 is 5.91. The van der Waals surface area contributed by atoms with E-state index in [2.05, 4.69) is 62.0 Å². The van der Waals surface area contributed by atoms with Crippen molar-refractivity contribution < 1.29 is 4.74 Å². The minimum absolute atomic E-state index is 0.285. The van der Waals surface area contributed by atoms with E-state index in [1.807, 2.05) is 18.0 Å². The van der Waals surface area contributed by atoms with Gasteiger partial charge in [-0.1, -0.05) is 26.8 Å². The van der Waals surface area contributed by atoms with Crippen molar-refractivity contribution >= 4 is 17.6 Å². The fourth-order valence-electron chi connectivity index (χ4n) is 2.46. The molecule has 1 aromatic heterocycles. The Morgan fingerprint density at radius 3 is 2.83 bits per heavy atom. The van der Waals surface area contributed by atoms with Gasteiger partial charge < -0.3 is 15.0 Å². The van der Waals surface area contributed by atoms with Gasteiger partial charge in [-0.25, -0.2) is 4.98 Å². The number of nitrogens with one attached hydrogen (secondary N) is 1. The van der Waals surface area contributed by atoms with Gasteiger partial charge >= 0.3 is 0 Å². The molecule has 1 aromatic rings. The Morgan fingerprint density at radius 2 is 2.22 bits per heavy atom. The standard InChI is InChI=1S/C18H31N3OS/c1-14(13-23-18(3,4)5)19-10-16-6-7-17(20-11-16)21-8-9-22-15(2)12-21/h6-7,11,14-15,19H,8-10,12-13H2,1-5H3. The van der Waals surface area contributed by atoms with Gasteiger partial charge in [-0.3, -0.25) is 0 Å². The summed E-state index contributed by atoms with van der Waals surface area (Å²) in [5.74, 6) is 2.18. The van der Waals surface area contributed by atoms with E-state index in [0.29, 0.717) is 10.8 Å². The number of thioether (sulfide) groups is 1. The Balaban J connectivity index is 1.78. The van der Waals surface area contributed by atoms with Crippen LogP contribution in [0.15, 0.2) is 18.3 Å². The largest absolute Gasteiger partial charge is 0.375 e. The monoisotopic (exact) mass is 337 g/mol. The number of hydrogen-bond acceptors (Lipinski definition) is 5. The molecule has 2 rings (SSSR count). The molecule has 0 radical (unpaired) electrons. The molecule has 1 fully saturated rings. The molecule has 0 saturated carbocycles. The fourth-order valence-corrected chi connectivity index (χ4v) is 3.33. The molecule has 0 aliphatic carbocycles. The van der Waals surface area contributed by atoms with Gasteiger partial charge in [-0.2, -0.15) is 11.8 Å². The van der Waals surface area contributed by atoms with Crippen LogP contribution in [0.2, 0.25) is 0 Å². The molecule has 2 atom stereocenters. The number of rotatable bonds is 6. The van der Waals surface area contributed by atoms with E-state index in [1.54, 1.807) is 0 Å². The van der Waals surface area contributed by atoms with E-state index >= 15 is 0 Å². The van der Waals surface area contributed by atoms with Crippen molar-refractivity contribution in [3.05, 3.63) is 23.9 Å². The highest BCUT2D eigenvalue weighted by atomic mass is 32.2. The average Bonchev–Trinajstić information content (AvgIpc) is 2.51. The van der Waals surface area contributed by atoms with E-state index < -0.39 is 0 Å². The maximum atomic E-state index is 5.58. The van der Waals surface area contributed by atoms with Crippen molar-refractivity contribution in [1.29, 1.82) is 0 Å². The lowest BCUT2D eigenvalue weighted by Crippen LogP contribution is -2.41. The van der Waals surface area contributed by atoms with E-state index in [-0.39, 0.29) is 6.10 Å². The molecular weight excluding hydrogens is 306 g/mol. The average molecular weight is 338 g/mol. The van der Waals surface area contributed by atoms with Crippen LogP contribution in [0.25, 0.3) is 0 Å². The number of nitrogens with zero attached hydrogens (tertiary/aromatic N) is 2. The highest BCUT2D eigenvalue weighted by Gasteiger charge is 2.17. The van der Waals surface area contributed by atoms with Crippen LogP contribution in [0, 0.1) is 0 Å². The van der Waals surface area contributed by atoms with Crippen LogP contribution < -0.4 is 10.2 Å². The summed E-state index contributed by atoms with van der Waals surface area (Å²) in [5.41, 5.74) is 1.24. The van der Waals surface area contributed by atoms with Crippen molar-refractivity contribution in [3.63, 3.8) is 0 Å². The van der Waals surface area contributed by atoms with Gasteiger partial charge in [0.1, 0.15) is 5.82 Å². The van der Waals surface area contributed by atoms with Crippen molar-refractivity contribution in [1.82, 2.24) is 10.3 Å². The van der Waals surface area contributed by atoms with Crippen LogP contribution in [0.1, 0.15) is 40.2 Å². The van der Waals surface area contributed by atoms with Gasteiger partial charge in [0.2, 0.25) is 0 Å². The first-order chi connectivity index (χ1) is 10.8. The lowest BCUT2D eigenvalue weighted by Gasteiger charge is -2.32.